The van der Waals surface area contributed by atoms with Gasteiger partial charge in [0.1, 0.15) is 0 Å². The van der Waals surface area contributed by atoms with E-state index in [-0.39, 0.29) is 12.6 Å². The van der Waals surface area contributed by atoms with Crippen LogP contribution in [0.5, 0.6) is 0 Å². The van der Waals surface area contributed by atoms with Gasteiger partial charge in [0.15, 0.2) is 0 Å². The summed E-state index contributed by atoms with van der Waals surface area (Å²) in [6, 6.07) is 10.6. The molecule has 1 saturated heterocycles. The Morgan fingerprint density at radius 3 is 2.57 bits per heavy atom. The van der Waals surface area contributed by atoms with Crippen LogP contribution in [-0.2, 0) is 0 Å². The van der Waals surface area contributed by atoms with Crippen molar-refractivity contribution in [1.29, 1.82) is 0 Å². The highest BCUT2D eigenvalue weighted by atomic mass is 16.3. The van der Waals surface area contributed by atoms with Gasteiger partial charge in [-0.2, -0.15) is 0 Å². The van der Waals surface area contributed by atoms with E-state index in [2.05, 4.69) is 10.6 Å². The Balaban J connectivity index is 1.98. The van der Waals surface area contributed by atoms with Gasteiger partial charge in [0.25, 0.3) is 0 Å². The van der Waals surface area contributed by atoms with Crippen LogP contribution in [0.2, 0.25) is 0 Å². The zero-order chi connectivity index (χ0) is 9.80. The molecular weight excluding hydrogens is 176 g/mol. The fourth-order valence-electron chi connectivity index (χ4n) is 1.63. The van der Waals surface area contributed by atoms with Crippen molar-refractivity contribution in [1.82, 2.24) is 10.6 Å². The van der Waals surface area contributed by atoms with Crippen LogP contribution in [0.25, 0.3) is 0 Å². The Labute approximate surface area is 84.1 Å². The number of hydrogen-bond donors (Lipinski definition) is 3. The highest BCUT2D eigenvalue weighted by Crippen LogP contribution is 2.13. The summed E-state index contributed by atoms with van der Waals surface area (Å²) in [6.07, 6.45) is 0. The SMILES string of the molecule is OCC(NC1CNC1)c1ccccc1. The molecule has 1 aromatic carbocycles. The maximum absolute atomic E-state index is 9.27. The van der Waals surface area contributed by atoms with Crippen LogP contribution in [0.15, 0.2) is 30.3 Å². The Bertz CT molecular complexity index is 272. The zero-order valence-corrected chi connectivity index (χ0v) is 8.11. The molecule has 0 amide bonds. The molecular formula is C11H16N2O. The lowest BCUT2D eigenvalue weighted by atomic mass is 10.0. The molecule has 76 valence electrons. The quantitative estimate of drug-likeness (QED) is 0.642. The van der Waals surface area contributed by atoms with Crippen LogP contribution < -0.4 is 10.6 Å². The van der Waals surface area contributed by atoms with Gasteiger partial charge in [-0.15, -0.1) is 0 Å². The van der Waals surface area contributed by atoms with Gasteiger partial charge in [-0.3, -0.25) is 0 Å². The molecule has 1 aromatic rings. The van der Waals surface area contributed by atoms with Gasteiger partial charge in [-0.05, 0) is 5.56 Å². The van der Waals surface area contributed by atoms with Crippen LogP contribution in [0.4, 0.5) is 0 Å². The number of aliphatic hydroxyl groups is 1. The van der Waals surface area contributed by atoms with Crippen molar-refractivity contribution in [3.8, 4) is 0 Å². The largest absolute Gasteiger partial charge is 0.394 e. The molecule has 0 bridgehead atoms. The summed E-state index contributed by atoms with van der Waals surface area (Å²) in [5, 5.41) is 15.9. The molecule has 3 heteroatoms. The molecule has 1 aliphatic heterocycles. The molecule has 1 unspecified atom stereocenters. The smallest absolute Gasteiger partial charge is 0.0626 e. The number of aliphatic hydroxyl groups excluding tert-OH is 1. The maximum Gasteiger partial charge on any atom is 0.0626 e. The zero-order valence-electron chi connectivity index (χ0n) is 8.11. The standard InChI is InChI=1S/C11H16N2O/c14-8-11(13-10-6-12-7-10)9-4-2-1-3-5-9/h1-5,10-14H,6-8H2. The summed E-state index contributed by atoms with van der Waals surface area (Å²) < 4.78 is 0. The third kappa shape index (κ3) is 2.12. The summed E-state index contributed by atoms with van der Waals surface area (Å²) >= 11 is 0. The van der Waals surface area contributed by atoms with Gasteiger partial charge in [0, 0.05) is 19.1 Å². The van der Waals surface area contributed by atoms with E-state index in [0.717, 1.165) is 18.7 Å². The molecule has 3 N–H and O–H groups in total. The van der Waals surface area contributed by atoms with Gasteiger partial charge in [-0.25, -0.2) is 0 Å². The number of benzene rings is 1. The average molecular weight is 192 g/mol. The number of nitrogens with one attached hydrogen (secondary N) is 2. The van der Waals surface area contributed by atoms with Gasteiger partial charge in [-0.1, -0.05) is 30.3 Å². The first-order valence-corrected chi connectivity index (χ1v) is 5.02. The Morgan fingerprint density at radius 2 is 2.07 bits per heavy atom. The summed E-state index contributed by atoms with van der Waals surface area (Å²) in [6.45, 7) is 2.16. The van der Waals surface area contributed by atoms with E-state index in [1.165, 1.54) is 0 Å². The molecule has 0 saturated carbocycles. The van der Waals surface area contributed by atoms with Crippen molar-refractivity contribution >= 4 is 0 Å². The number of rotatable bonds is 4. The highest BCUT2D eigenvalue weighted by Gasteiger charge is 2.20. The summed E-state index contributed by atoms with van der Waals surface area (Å²) in [5.74, 6) is 0. The van der Waals surface area contributed by atoms with Crippen molar-refractivity contribution in [3.05, 3.63) is 35.9 Å². The molecule has 1 aliphatic rings. The van der Waals surface area contributed by atoms with Crippen LogP contribution in [0, 0.1) is 0 Å². The second-order valence-electron chi connectivity index (χ2n) is 3.67. The lowest BCUT2D eigenvalue weighted by Crippen LogP contribution is -2.56. The lowest BCUT2D eigenvalue weighted by Gasteiger charge is -2.32. The van der Waals surface area contributed by atoms with E-state index < -0.39 is 0 Å². The van der Waals surface area contributed by atoms with Crippen LogP contribution in [0.1, 0.15) is 11.6 Å². The van der Waals surface area contributed by atoms with E-state index in [4.69, 9.17) is 0 Å². The van der Waals surface area contributed by atoms with Gasteiger partial charge < -0.3 is 15.7 Å². The molecule has 0 aromatic heterocycles. The minimum atomic E-state index is 0.0725. The number of hydrogen-bond acceptors (Lipinski definition) is 3. The summed E-state index contributed by atoms with van der Waals surface area (Å²) in [5.41, 5.74) is 1.15. The minimum Gasteiger partial charge on any atom is -0.394 e. The predicted molar refractivity (Wildman–Crippen MR) is 56.1 cm³/mol. The van der Waals surface area contributed by atoms with E-state index >= 15 is 0 Å². The summed E-state index contributed by atoms with van der Waals surface area (Å²) in [7, 11) is 0. The Kier molecular flexibility index (Phi) is 3.14. The lowest BCUT2D eigenvalue weighted by molar-refractivity contribution is 0.217. The third-order valence-electron chi connectivity index (χ3n) is 2.60. The maximum atomic E-state index is 9.27. The molecule has 2 rings (SSSR count). The van der Waals surface area contributed by atoms with Gasteiger partial charge in [0.05, 0.1) is 12.6 Å². The van der Waals surface area contributed by atoms with Gasteiger partial charge in [0.2, 0.25) is 0 Å². The first-order valence-electron chi connectivity index (χ1n) is 5.02. The molecule has 0 spiro atoms. The van der Waals surface area contributed by atoms with E-state index in [1.54, 1.807) is 0 Å². The van der Waals surface area contributed by atoms with Crippen LogP contribution >= 0.6 is 0 Å². The van der Waals surface area contributed by atoms with Crippen molar-refractivity contribution in [2.45, 2.75) is 12.1 Å². The Morgan fingerprint density at radius 1 is 1.36 bits per heavy atom. The van der Waals surface area contributed by atoms with Crippen molar-refractivity contribution in [2.24, 2.45) is 0 Å². The van der Waals surface area contributed by atoms with Crippen molar-refractivity contribution in [3.63, 3.8) is 0 Å². The van der Waals surface area contributed by atoms with Crippen molar-refractivity contribution < 1.29 is 5.11 Å². The fourth-order valence-corrected chi connectivity index (χ4v) is 1.63. The minimum absolute atomic E-state index is 0.0725. The van der Waals surface area contributed by atoms with E-state index in [1.807, 2.05) is 30.3 Å². The Hall–Kier alpha value is -0.900. The topological polar surface area (TPSA) is 44.3 Å². The molecule has 0 aliphatic carbocycles. The molecule has 1 heterocycles. The first-order chi connectivity index (χ1) is 6.90. The van der Waals surface area contributed by atoms with E-state index in [9.17, 15) is 5.11 Å². The normalized spacial score (nSPS) is 18.9. The highest BCUT2D eigenvalue weighted by molar-refractivity contribution is 5.19. The molecule has 14 heavy (non-hydrogen) atoms. The molecule has 1 fully saturated rings. The molecule has 1 atom stereocenters. The second kappa shape index (κ2) is 4.55. The van der Waals surface area contributed by atoms with Gasteiger partial charge >= 0.3 is 0 Å². The fraction of sp³-hybridized carbons (Fsp3) is 0.455. The first kappa shape index (κ1) is 9.65. The van der Waals surface area contributed by atoms with Crippen LogP contribution in [0.3, 0.4) is 0 Å². The molecule has 0 radical (unpaired) electrons. The predicted octanol–water partition coefficient (Wildman–Crippen LogP) is 0.281. The molecule has 3 nitrogen and oxygen atoms in total. The summed E-state index contributed by atoms with van der Waals surface area (Å²) in [4.78, 5) is 0. The van der Waals surface area contributed by atoms with Crippen molar-refractivity contribution in [2.75, 3.05) is 19.7 Å². The van der Waals surface area contributed by atoms with E-state index in [0.29, 0.717) is 6.04 Å². The average Bonchev–Trinajstić information content (AvgIpc) is 2.18. The second-order valence-corrected chi connectivity index (χ2v) is 3.67. The monoisotopic (exact) mass is 192 g/mol. The third-order valence-corrected chi connectivity index (χ3v) is 2.60. The van der Waals surface area contributed by atoms with Crippen LogP contribution in [-0.4, -0.2) is 30.8 Å².